The predicted octanol–water partition coefficient (Wildman–Crippen LogP) is 0.914. The number of aromatic hydroxyl groups is 1. The Balaban J connectivity index is 1.45. The third-order valence-electron chi connectivity index (χ3n) is 4.33. The largest absolute Gasteiger partial charge is 0.508 e. The number of amides is 1. The zero-order chi connectivity index (χ0) is 14.7. The van der Waals surface area contributed by atoms with E-state index in [4.69, 9.17) is 4.74 Å². The van der Waals surface area contributed by atoms with Gasteiger partial charge in [-0.2, -0.15) is 0 Å². The third kappa shape index (κ3) is 3.54. The summed E-state index contributed by atoms with van der Waals surface area (Å²) < 4.78 is 5.81. The first-order valence-electron chi connectivity index (χ1n) is 7.61. The molecule has 0 spiro atoms. The maximum atomic E-state index is 11.9. The lowest BCUT2D eigenvalue weighted by Crippen LogP contribution is -2.50. The van der Waals surface area contributed by atoms with Gasteiger partial charge < -0.3 is 15.2 Å². The van der Waals surface area contributed by atoms with Crippen LogP contribution in [0.15, 0.2) is 24.3 Å². The summed E-state index contributed by atoms with van der Waals surface area (Å²) in [5.74, 6) is 0.0881. The average molecular weight is 290 g/mol. The number of nitrogens with one attached hydrogen (secondary N) is 1. The Bertz CT molecular complexity index is 506. The first-order chi connectivity index (χ1) is 10.2. The Morgan fingerprint density at radius 1 is 1.43 bits per heavy atom. The lowest BCUT2D eigenvalue weighted by Gasteiger charge is -2.35. The number of hydrogen-bond acceptors (Lipinski definition) is 4. The van der Waals surface area contributed by atoms with Gasteiger partial charge >= 0.3 is 0 Å². The summed E-state index contributed by atoms with van der Waals surface area (Å²) in [7, 11) is 0. The number of carbonyl (C=O) groups is 1. The van der Waals surface area contributed by atoms with Crippen LogP contribution in [0.3, 0.4) is 0 Å². The number of ether oxygens (including phenoxy) is 1. The van der Waals surface area contributed by atoms with Gasteiger partial charge in [0.2, 0.25) is 5.91 Å². The highest BCUT2D eigenvalue weighted by Gasteiger charge is 2.32. The van der Waals surface area contributed by atoms with E-state index in [1.54, 1.807) is 18.2 Å². The molecule has 2 heterocycles. The second-order valence-corrected chi connectivity index (χ2v) is 5.86. The normalized spacial score (nSPS) is 25.5. The van der Waals surface area contributed by atoms with Gasteiger partial charge in [0.1, 0.15) is 5.75 Å². The van der Waals surface area contributed by atoms with Crippen LogP contribution in [-0.2, 0) is 16.0 Å². The van der Waals surface area contributed by atoms with Gasteiger partial charge in [-0.1, -0.05) is 18.2 Å². The molecule has 1 amide bonds. The summed E-state index contributed by atoms with van der Waals surface area (Å²) in [5, 5.41) is 12.6. The number of phenolic OH excluding ortho intramolecular Hbond substituents is 1. The molecule has 0 aromatic heterocycles. The standard InChI is InChI=1S/C16H22N2O3/c19-15-6-2-1-4-12(15)8-16(20)17-9-14-10-18-7-3-5-13(18)11-21-14/h1-2,4,6,13-14,19H,3,5,7-11H2,(H,17,20). The number of nitrogens with zero attached hydrogens (tertiary/aromatic N) is 1. The third-order valence-corrected chi connectivity index (χ3v) is 4.33. The quantitative estimate of drug-likeness (QED) is 0.865. The van der Waals surface area contributed by atoms with Crippen molar-refractivity contribution in [1.29, 1.82) is 0 Å². The van der Waals surface area contributed by atoms with Crippen LogP contribution in [0.25, 0.3) is 0 Å². The highest BCUT2D eigenvalue weighted by atomic mass is 16.5. The van der Waals surface area contributed by atoms with E-state index in [9.17, 15) is 9.90 Å². The maximum Gasteiger partial charge on any atom is 0.224 e. The molecule has 0 radical (unpaired) electrons. The molecule has 0 aliphatic carbocycles. The Labute approximate surface area is 124 Å². The molecule has 2 unspecified atom stereocenters. The number of hydrogen-bond donors (Lipinski definition) is 2. The molecule has 2 atom stereocenters. The molecule has 0 bridgehead atoms. The van der Waals surface area contributed by atoms with Gasteiger partial charge in [0, 0.05) is 24.7 Å². The van der Waals surface area contributed by atoms with Crippen LogP contribution in [0.4, 0.5) is 0 Å². The Morgan fingerprint density at radius 3 is 3.14 bits per heavy atom. The summed E-state index contributed by atoms with van der Waals surface area (Å²) in [6.07, 6.45) is 2.76. The van der Waals surface area contributed by atoms with Gasteiger partial charge in [-0.05, 0) is 25.5 Å². The van der Waals surface area contributed by atoms with Gasteiger partial charge in [0.25, 0.3) is 0 Å². The van der Waals surface area contributed by atoms with Gasteiger partial charge in [-0.15, -0.1) is 0 Å². The fourth-order valence-corrected chi connectivity index (χ4v) is 3.13. The monoisotopic (exact) mass is 290 g/mol. The molecule has 5 nitrogen and oxygen atoms in total. The minimum absolute atomic E-state index is 0.0765. The van der Waals surface area contributed by atoms with Crippen LogP contribution in [0.2, 0.25) is 0 Å². The number of benzene rings is 1. The number of para-hydroxylation sites is 1. The van der Waals surface area contributed by atoms with E-state index in [0.29, 0.717) is 18.2 Å². The fraction of sp³-hybridized carbons (Fsp3) is 0.562. The van der Waals surface area contributed by atoms with Crippen LogP contribution in [-0.4, -0.2) is 54.3 Å². The first-order valence-corrected chi connectivity index (χ1v) is 7.61. The molecule has 21 heavy (non-hydrogen) atoms. The number of rotatable bonds is 4. The zero-order valence-electron chi connectivity index (χ0n) is 12.1. The van der Waals surface area contributed by atoms with Crippen molar-refractivity contribution < 1.29 is 14.6 Å². The lowest BCUT2D eigenvalue weighted by atomic mass is 10.1. The molecular formula is C16H22N2O3. The van der Waals surface area contributed by atoms with Crippen molar-refractivity contribution in [3.05, 3.63) is 29.8 Å². The average Bonchev–Trinajstić information content (AvgIpc) is 2.95. The van der Waals surface area contributed by atoms with Gasteiger partial charge in [-0.3, -0.25) is 9.69 Å². The van der Waals surface area contributed by atoms with E-state index in [-0.39, 0.29) is 24.2 Å². The Morgan fingerprint density at radius 2 is 2.29 bits per heavy atom. The minimum atomic E-state index is -0.0800. The Hall–Kier alpha value is -1.59. The number of carbonyl (C=O) groups excluding carboxylic acids is 1. The van der Waals surface area contributed by atoms with E-state index < -0.39 is 0 Å². The molecule has 114 valence electrons. The number of morpholine rings is 1. The second-order valence-electron chi connectivity index (χ2n) is 5.86. The van der Waals surface area contributed by atoms with E-state index in [1.165, 1.54) is 12.8 Å². The van der Waals surface area contributed by atoms with E-state index in [1.807, 2.05) is 6.07 Å². The van der Waals surface area contributed by atoms with Crippen molar-refractivity contribution in [2.45, 2.75) is 31.4 Å². The molecule has 2 aliphatic rings. The molecule has 3 rings (SSSR count). The van der Waals surface area contributed by atoms with Gasteiger partial charge in [-0.25, -0.2) is 0 Å². The lowest BCUT2D eigenvalue weighted by molar-refractivity contribution is -0.122. The Kier molecular flexibility index (Phi) is 4.41. The van der Waals surface area contributed by atoms with E-state index in [2.05, 4.69) is 10.2 Å². The molecule has 5 heteroatoms. The van der Waals surface area contributed by atoms with Gasteiger partial charge in [0.05, 0.1) is 19.1 Å². The summed E-state index contributed by atoms with van der Waals surface area (Å²) in [6.45, 7) is 3.37. The number of phenols is 1. The number of fused-ring (bicyclic) bond motifs is 1. The topological polar surface area (TPSA) is 61.8 Å². The van der Waals surface area contributed by atoms with Crippen molar-refractivity contribution in [3.63, 3.8) is 0 Å². The SMILES string of the molecule is O=C(Cc1ccccc1O)NCC1CN2CCCC2CO1. The first kappa shape index (κ1) is 14.4. The van der Waals surface area contributed by atoms with E-state index >= 15 is 0 Å². The summed E-state index contributed by atoms with van der Waals surface area (Å²) in [4.78, 5) is 14.4. The molecule has 1 aromatic rings. The minimum Gasteiger partial charge on any atom is -0.508 e. The van der Waals surface area contributed by atoms with Crippen molar-refractivity contribution in [2.24, 2.45) is 0 Å². The van der Waals surface area contributed by atoms with Crippen LogP contribution < -0.4 is 5.32 Å². The van der Waals surface area contributed by atoms with Crippen LogP contribution in [0, 0.1) is 0 Å². The highest BCUT2D eigenvalue weighted by Crippen LogP contribution is 2.22. The maximum absolute atomic E-state index is 11.9. The summed E-state index contributed by atoms with van der Waals surface area (Å²) >= 11 is 0. The highest BCUT2D eigenvalue weighted by molar-refractivity contribution is 5.79. The predicted molar refractivity (Wildman–Crippen MR) is 79.2 cm³/mol. The molecule has 0 saturated carbocycles. The van der Waals surface area contributed by atoms with Crippen molar-refractivity contribution in [1.82, 2.24) is 10.2 Å². The fourth-order valence-electron chi connectivity index (χ4n) is 3.13. The smallest absolute Gasteiger partial charge is 0.224 e. The zero-order valence-corrected chi connectivity index (χ0v) is 12.1. The molecule has 1 aromatic carbocycles. The summed E-state index contributed by atoms with van der Waals surface area (Å²) in [5.41, 5.74) is 0.652. The summed E-state index contributed by atoms with van der Waals surface area (Å²) in [6, 6.07) is 7.51. The van der Waals surface area contributed by atoms with Gasteiger partial charge in [0.15, 0.2) is 0 Å². The molecule has 2 aliphatic heterocycles. The van der Waals surface area contributed by atoms with Crippen molar-refractivity contribution >= 4 is 5.91 Å². The second kappa shape index (κ2) is 6.45. The molecular weight excluding hydrogens is 268 g/mol. The molecule has 2 saturated heterocycles. The van der Waals surface area contributed by atoms with Crippen LogP contribution >= 0.6 is 0 Å². The molecule has 2 fully saturated rings. The van der Waals surface area contributed by atoms with Crippen LogP contribution in [0.5, 0.6) is 5.75 Å². The van der Waals surface area contributed by atoms with Crippen LogP contribution in [0.1, 0.15) is 18.4 Å². The van der Waals surface area contributed by atoms with E-state index in [0.717, 1.165) is 19.7 Å². The molecule has 2 N–H and O–H groups in total. The van der Waals surface area contributed by atoms with Crippen molar-refractivity contribution in [3.8, 4) is 5.75 Å². The van der Waals surface area contributed by atoms with Crippen molar-refractivity contribution in [2.75, 3.05) is 26.2 Å².